The number of ether oxygens (including phenoxy) is 1. The van der Waals surface area contributed by atoms with Crippen LogP contribution in [0, 0.1) is 17.2 Å². The zero-order chi connectivity index (χ0) is 16.5. The Kier molecular flexibility index (Phi) is 7.58. The number of carbonyl (C=O) groups excluding carboxylic acids is 1. The highest BCUT2D eigenvalue weighted by atomic mass is 35.5. The maximum absolute atomic E-state index is 11.5. The minimum atomic E-state index is -0.969. The first-order chi connectivity index (χ1) is 10.5. The van der Waals surface area contributed by atoms with Crippen LogP contribution in [0.25, 0.3) is 0 Å². The summed E-state index contributed by atoms with van der Waals surface area (Å²) in [4.78, 5) is 17.0. The molecular formula is C16H21ClN3O2+. The third kappa shape index (κ3) is 5.14. The number of hydrogen-bond acceptors (Lipinski definition) is 4. The largest absolute Gasteiger partial charge is 0.465 e. The van der Waals surface area contributed by atoms with Crippen molar-refractivity contribution in [1.82, 2.24) is 0 Å². The Hall–Kier alpha value is -1.90. The van der Waals surface area contributed by atoms with E-state index in [2.05, 4.69) is 4.99 Å². The van der Waals surface area contributed by atoms with Gasteiger partial charge in [0.1, 0.15) is 6.04 Å². The first-order valence-electron chi connectivity index (χ1n) is 7.11. The summed E-state index contributed by atoms with van der Waals surface area (Å²) in [5.41, 5.74) is 0.992. The van der Waals surface area contributed by atoms with Crippen molar-refractivity contribution in [3.63, 3.8) is 0 Å². The fourth-order valence-electron chi connectivity index (χ4n) is 2.00. The molecule has 0 fully saturated rings. The van der Waals surface area contributed by atoms with Crippen LogP contribution in [0.1, 0.15) is 18.5 Å². The van der Waals surface area contributed by atoms with E-state index in [0.29, 0.717) is 11.6 Å². The number of benzene rings is 1. The van der Waals surface area contributed by atoms with E-state index in [-0.39, 0.29) is 12.6 Å². The van der Waals surface area contributed by atoms with Gasteiger partial charge in [0.15, 0.2) is 5.92 Å². The molecule has 0 saturated heterocycles. The molecule has 2 atom stereocenters. The smallest absolute Gasteiger partial charge is 0.328 e. The van der Waals surface area contributed by atoms with Crippen LogP contribution in [0.2, 0.25) is 5.02 Å². The molecule has 118 valence electrons. The molecule has 0 aliphatic carbocycles. The quantitative estimate of drug-likeness (QED) is 0.608. The number of quaternary nitrogens is 1. The number of carbonyl (C=O) groups is 1. The van der Waals surface area contributed by atoms with Gasteiger partial charge in [0, 0.05) is 16.8 Å². The van der Waals surface area contributed by atoms with E-state index in [1.165, 1.54) is 6.21 Å². The molecule has 0 bridgehead atoms. The number of nitrogens with zero attached hydrogens (tertiary/aromatic N) is 2. The van der Waals surface area contributed by atoms with Crippen molar-refractivity contribution < 1.29 is 14.4 Å². The Balaban J connectivity index is 2.81. The number of halogens is 1. The second-order valence-electron chi connectivity index (χ2n) is 5.02. The van der Waals surface area contributed by atoms with Gasteiger partial charge in [0.05, 0.1) is 33.3 Å². The molecule has 1 N–H and O–H groups in total. The maximum atomic E-state index is 11.5. The summed E-state index contributed by atoms with van der Waals surface area (Å²) in [7, 11) is 4.02. The molecule has 6 heteroatoms. The maximum Gasteiger partial charge on any atom is 0.328 e. The summed E-state index contributed by atoms with van der Waals surface area (Å²) in [6, 6.07) is 9.54. The molecule has 0 radical (unpaired) electrons. The van der Waals surface area contributed by atoms with Gasteiger partial charge in [-0.2, -0.15) is 5.26 Å². The van der Waals surface area contributed by atoms with Crippen LogP contribution in [-0.2, 0) is 9.53 Å². The average molecular weight is 323 g/mol. The predicted octanol–water partition coefficient (Wildman–Crippen LogP) is 1.30. The van der Waals surface area contributed by atoms with Gasteiger partial charge in [-0.05, 0) is 13.0 Å². The number of nitrogens with one attached hydrogen (secondary N) is 1. The van der Waals surface area contributed by atoms with E-state index in [1.54, 1.807) is 6.92 Å². The minimum Gasteiger partial charge on any atom is -0.465 e. The summed E-state index contributed by atoms with van der Waals surface area (Å²) >= 11 is 6.23. The van der Waals surface area contributed by atoms with Crippen molar-refractivity contribution >= 4 is 23.8 Å². The molecular weight excluding hydrogens is 302 g/mol. The lowest BCUT2D eigenvalue weighted by molar-refractivity contribution is -0.890. The average Bonchev–Trinajstić information content (AvgIpc) is 2.48. The second-order valence-corrected chi connectivity index (χ2v) is 5.43. The lowest BCUT2D eigenvalue weighted by Gasteiger charge is -2.21. The monoisotopic (exact) mass is 322 g/mol. The van der Waals surface area contributed by atoms with E-state index in [1.807, 2.05) is 44.4 Å². The van der Waals surface area contributed by atoms with Gasteiger partial charge >= 0.3 is 5.97 Å². The lowest BCUT2D eigenvalue weighted by Crippen LogP contribution is -3.06. The normalized spacial score (nSPS) is 13.8. The topological polar surface area (TPSA) is 66.9 Å². The summed E-state index contributed by atoms with van der Waals surface area (Å²) in [5.74, 6) is -1.54. The van der Waals surface area contributed by atoms with Crippen molar-refractivity contribution in [2.24, 2.45) is 10.9 Å². The molecule has 22 heavy (non-hydrogen) atoms. The fourth-order valence-corrected chi connectivity index (χ4v) is 2.27. The highest BCUT2D eigenvalue weighted by molar-refractivity contribution is 6.31. The van der Waals surface area contributed by atoms with Crippen molar-refractivity contribution in [2.45, 2.75) is 13.0 Å². The van der Waals surface area contributed by atoms with Crippen LogP contribution in [0.15, 0.2) is 29.3 Å². The van der Waals surface area contributed by atoms with Gasteiger partial charge in [0.2, 0.25) is 0 Å². The van der Waals surface area contributed by atoms with Crippen LogP contribution >= 0.6 is 11.6 Å². The van der Waals surface area contributed by atoms with Crippen LogP contribution in [0.4, 0.5) is 0 Å². The molecule has 0 amide bonds. The molecule has 0 aromatic heterocycles. The highest BCUT2D eigenvalue weighted by Crippen LogP contribution is 2.20. The minimum absolute atomic E-state index is 0.0477. The molecule has 0 saturated carbocycles. The molecule has 1 aromatic rings. The fraction of sp³-hybridized carbons (Fsp3) is 0.438. The summed E-state index contributed by atoms with van der Waals surface area (Å²) < 4.78 is 4.82. The molecule has 1 aromatic carbocycles. The molecule has 5 nitrogen and oxygen atoms in total. The summed E-state index contributed by atoms with van der Waals surface area (Å²) in [5, 5.41) is 9.68. The molecule has 0 spiro atoms. The van der Waals surface area contributed by atoms with Crippen molar-refractivity contribution in [2.75, 3.05) is 27.2 Å². The Morgan fingerprint density at radius 2 is 2.18 bits per heavy atom. The van der Waals surface area contributed by atoms with Gasteiger partial charge in [-0.15, -0.1) is 0 Å². The van der Waals surface area contributed by atoms with Gasteiger partial charge in [-0.3, -0.25) is 9.79 Å². The van der Waals surface area contributed by atoms with E-state index >= 15 is 0 Å². The molecule has 0 aliphatic heterocycles. The number of likely N-dealkylation sites (N-methyl/N-ethyl adjacent to an activating group) is 1. The van der Waals surface area contributed by atoms with Gasteiger partial charge in [-0.25, -0.2) is 0 Å². The van der Waals surface area contributed by atoms with Crippen molar-refractivity contribution in [1.29, 1.82) is 5.26 Å². The third-order valence-electron chi connectivity index (χ3n) is 3.20. The Morgan fingerprint density at radius 3 is 2.73 bits per heavy atom. The number of aliphatic imine (C=N–C) groups is 1. The predicted molar refractivity (Wildman–Crippen MR) is 86.1 cm³/mol. The van der Waals surface area contributed by atoms with Gasteiger partial charge in [0.25, 0.3) is 0 Å². The van der Waals surface area contributed by atoms with Gasteiger partial charge < -0.3 is 9.64 Å². The molecule has 0 heterocycles. The highest BCUT2D eigenvalue weighted by Gasteiger charge is 2.21. The first kappa shape index (κ1) is 18.1. The standard InChI is InChI=1S/C16H20ClN3O2/c1-4-22-16(21)12(9-18)10-19-11-15(20(2)3)13-7-5-6-8-14(13)17/h5-8,10,12,15H,4,11H2,1-3H3/p+1/t12-,15-/m0/s1. The molecule has 0 unspecified atom stereocenters. The van der Waals surface area contributed by atoms with Crippen LogP contribution in [-0.4, -0.2) is 39.4 Å². The van der Waals surface area contributed by atoms with Crippen LogP contribution < -0.4 is 4.90 Å². The van der Waals surface area contributed by atoms with Crippen LogP contribution in [0.3, 0.4) is 0 Å². The zero-order valence-electron chi connectivity index (χ0n) is 13.0. The molecule has 1 rings (SSSR count). The first-order valence-corrected chi connectivity index (χ1v) is 7.49. The number of esters is 1. The van der Waals surface area contributed by atoms with Gasteiger partial charge in [-0.1, -0.05) is 29.8 Å². The van der Waals surface area contributed by atoms with E-state index in [9.17, 15) is 4.79 Å². The zero-order valence-corrected chi connectivity index (χ0v) is 13.8. The lowest BCUT2D eigenvalue weighted by atomic mass is 10.1. The number of hydrogen-bond donors (Lipinski definition) is 1. The van der Waals surface area contributed by atoms with Crippen molar-refractivity contribution in [3.8, 4) is 6.07 Å². The third-order valence-corrected chi connectivity index (χ3v) is 3.54. The number of nitriles is 1. The Morgan fingerprint density at radius 1 is 1.50 bits per heavy atom. The SMILES string of the molecule is CCOC(=O)[C@@H](C#N)C=NC[C@@H](c1ccccc1Cl)[NH+](C)C. The number of rotatable bonds is 7. The molecule has 0 aliphatic rings. The van der Waals surface area contributed by atoms with E-state index in [4.69, 9.17) is 21.6 Å². The van der Waals surface area contributed by atoms with Crippen molar-refractivity contribution in [3.05, 3.63) is 34.9 Å². The Bertz CT molecular complexity index is 567. The summed E-state index contributed by atoms with van der Waals surface area (Å²) in [6.45, 7) is 2.38. The summed E-state index contributed by atoms with van der Waals surface area (Å²) in [6.07, 6.45) is 1.35. The van der Waals surface area contributed by atoms with E-state index in [0.717, 1.165) is 10.5 Å². The van der Waals surface area contributed by atoms with E-state index < -0.39 is 11.9 Å². The Labute approximate surface area is 136 Å². The van der Waals surface area contributed by atoms with Crippen LogP contribution in [0.5, 0.6) is 0 Å². The second kappa shape index (κ2) is 9.19.